The molecule has 0 aliphatic heterocycles. The molecule has 2 N–H and O–H groups in total. The number of amides is 1. The normalized spacial score (nSPS) is 11.9. The van der Waals surface area contributed by atoms with Gasteiger partial charge in [-0.2, -0.15) is 18.3 Å². The van der Waals surface area contributed by atoms with Crippen LogP contribution in [0.25, 0.3) is 10.2 Å². The molecule has 0 saturated carbocycles. The molecule has 2 aromatic heterocycles. The molecule has 1 aromatic carbocycles. The lowest BCUT2D eigenvalue weighted by atomic mass is 10.2. The van der Waals surface area contributed by atoms with E-state index in [9.17, 15) is 22.4 Å². The van der Waals surface area contributed by atoms with Crippen LogP contribution in [0.1, 0.15) is 21.2 Å². The van der Waals surface area contributed by atoms with Crippen molar-refractivity contribution >= 4 is 33.1 Å². The highest BCUT2D eigenvalue weighted by Gasteiger charge is 2.35. The molecular formula is C14H10F4N4O2S. The van der Waals surface area contributed by atoms with Crippen LogP contribution in [-0.2, 0) is 19.8 Å². The van der Waals surface area contributed by atoms with Gasteiger partial charge in [0.1, 0.15) is 16.2 Å². The maximum atomic E-state index is 14.4. The Balaban J connectivity index is 1.92. The average Bonchev–Trinajstić information content (AvgIpc) is 3.13. The van der Waals surface area contributed by atoms with Crippen molar-refractivity contribution in [1.29, 1.82) is 0 Å². The molecule has 6 nitrogen and oxygen atoms in total. The number of thiazole rings is 1. The molecule has 0 fully saturated rings. The number of aromatic nitrogens is 3. The van der Waals surface area contributed by atoms with Gasteiger partial charge in [-0.05, 0) is 12.1 Å². The van der Waals surface area contributed by atoms with E-state index in [0.29, 0.717) is 15.8 Å². The van der Waals surface area contributed by atoms with Gasteiger partial charge < -0.3 is 10.4 Å². The largest absolute Gasteiger partial charge is 0.435 e. The Morgan fingerprint density at radius 1 is 1.40 bits per heavy atom. The van der Waals surface area contributed by atoms with Gasteiger partial charge in [0, 0.05) is 13.1 Å². The van der Waals surface area contributed by atoms with Crippen molar-refractivity contribution < 1.29 is 27.5 Å². The zero-order valence-electron chi connectivity index (χ0n) is 12.6. The van der Waals surface area contributed by atoms with Gasteiger partial charge in [0.05, 0.1) is 17.0 Å². The molecule has 0 aliphatic rings. The number of carbonyl (C=O) groups is 1. The minimum atomic E-state index is -4.69. The number of nitrogens with zero attached hydrogens (tertiary/aromatic N) is 3. The van der Waals surface area contributed by atoms with E-state index >= 15 is 0 Å². The second kappa shape index (κ2) is 6.08. The average molecular weight is 374 g/mol. The van der Waals surface area contributed by atoms with Crippen LogP contribution < -0.4 is 5.32 Å². The Hall–Kier alpha value is -2.53. The predicted molar refractivity (Wildman–Crippen MR) is 81.7 cm³/mol. The number of benzene rings is 1. The quantitative estimate of drug-likeness (QED) is 0.691. The Labute approximate surface area is 141 Å². The number of nitrogens with one attached hydrogen (secondary N) is 1. The first kappa shape index (κ1) is 17.3. The lowest BCUT2D eigenvalue weighted by Crippen LogP contribution is -2.16. The highest BCUT2D eigenvalue weighted by Crippen LogP contribution is 2.30. The van der Waals surface area contributed by atoms with Crippen molar-refractivity contribution in [2.24, 2.45) is 7.05 Å². The maximum Gasteiger partial charge on any atom is 0.435 e. The fourth-order valence-corrected chi connectivity index (χ4v) is 3.00. The standard InChI is InChI=1S/C14H10F4N4O2S/c1-22-7(4-9(21-22)14(16,17)18)13(24)19-6-2-3-8-12(11(6)15)20-10(5-23)25-8/h2-4,23H,5H2,1H3,(H,19,24). The third-order valence-electron chi connectivity index (χ3n) is 3.33. The van der Waals surface area contributed by atoms with Gasteiger partial charge in [-0.25, -0.2) is 9.37 Å². The van der Waals surface area contributed by atoms with Gasteiger partial charge in [-0.1, -0.05) is 0 Å². The van der Waals surface area contributed by atoms with Gasteiger partial charge in [0.25, 0.3) is 5.91 Å². The number of halogens is 4. The lowest BCUT2D eigenvalue weighted by molar-refractivity contribution is -0.141. The second-order valence-electron chi connectivity index (χ2n) is 5.03. The maximum absolute atomic E-state index is 14.4. The number of fused-ring (bicyclic) bond motifs is 1. The number of hydrogen-bond donors (Lipinski definition) is 2. The first-order valence-corrected chi connectivity index (χ1v) is 7.63. The SMILES string of the molecule is Cn1nc(C(F)(F)F)cc1C(=O)Nc1ccc2sc(CO)nc2c1F. The molecular weight excluding hydrogens is 364 g/mol. The molecule has 0 radical (unpaired) electrons. The van der Waals surface area contributed by atoms with Crippen LogP contribution in [0, 0.1) is 5.82 Å². The fourth-order valence-electron chi connectivity index (χ4n) is 2.18. The monoisotopic (exact) mass is 374 g/mol. The molecule has 0 atom stereocenters. The van der Waals surface area contributed by atoms with Crippen LogP contribution in [0.4, 0.5) is 23.2 Å². The number of aliphatic hydroxyl groups excluding tert-OH is 1. The van der Waals surface area contributed by atoms with Crippen LogP contribution in [0.15, 0.2) is 18.2 Å². The lowest BCUT2D eigenvalue weighted by Gasteiger charge is -2.06. The van der Waals surface area contributed by atoms with Crippen LogP contribution in [0.3, 0.4) is 0 Å². The summed E-state index contributed by atoms with van der Waals surface area (Å²) in [6, 6.07) is 3.35. The van der Waals surface area contributed by atoms with Crippen LogP contribution in [-0.4, -0.2) is 25.8 Å². The third-order valence-corrected chi connectivity index (χ3v) is 4.34. The van der Waals surface area contributed by atoms with E-state index in [4.69, 9.17) is 5.11 Å². The molecule has 3 rings (SSSR count). The molecule has 2 heterocycles. The molecule has 3 aromatic rings. The summed E-state index contributed by atoms with van der Waals surface area (Å²) in [6.45, 7) is -0.351. The number of carbonyl (C=O) groups excluding carboxylic acids is 1. The molecule has 25 heavy (non-hydrogen) atoms. The minimum Gasteiger partial charge on any atom is -0.389 e. The molecule has 132 valence electrons. The summed E-state index contributed by atoms with van der Waals surface area (Å²) in [4.78, 5) is 16.1. The van der Waals surface area contributed by atoms with Gasteiger partial charge in [-0.3, -0.25) is 9.48 Å². The van der Waals surface area contributed by atoms with E-state index < -0.39 is 23.6 Å². The predicted octanol–water partition coefficient (Wildman–Crippen LogP) is 2.93. The van der Waals surface area contributed by atoms with Crippen molar-refractivity contribution in [3.8, 4) is 0 Å². The summed E-state index contributed by atoms with van der Waals surface area (Å²) >= 11 is 1.09. The molecule has 1 amide bonds. The number of alkyl halides is 3. The molecule has 0 aliphatic carbocycles. The molecule has 0 saturated heterocycles. The number of hydrogen-bond acceptors (Lipinski definition) is 5. The summed E-state index contributed by atoms with van der Waals surface area (Å²) in [6.07, 6.45) is -4.69. The van der Waals surface area contributed by atoms with Crippen LogP contribution in [0.5, 0.6) is 0 Å². The van der Waals surface area contributed by atoms with Crippen molar-refractivity contribution in [1.82, 2.24) is 14.8 Å². The highest BCUT2D eigenvalue weighted by molar-refractivity contribution is 7.18. The Bertz CT molecular complexity index is 964. The fraction of sp³-hybridized carbons (Fsp3) is 0.214. The van der Waals surface area contributed by atoms with E-state index in [1.54, 1.807) is 0 Å². The highest BCUT2D eigenvalue weighted by atomic mass is 32.1. The number of aryl methyl sites for hydroxylation is 1. The van der Waals surface area contributed by atoms with Gasteiger partial charge in [-0.15, -0.1) is 11.3 Å². The molecule has 11 heteroatoms. The summed E-state index contributed by atoms with van der Waals surface area (Å²) in [5.74, 6) is -1.78. The minimum absolute atomic E-state index is 0.0344. The Morgan fingerprint density at radius 3 is 2.72 bits per heavy atom. The first-order valence-electron chi connectivity index (χ1n) is 6.82. The Kier molecular flexibility index (Phi) is 4.21. The topological polar surface area (TPSA) is 80.0 Å². The number of aliphatic hydroxyl groups is 1. The molecule has 0 unspecified atom stereocenters. The van der Waals surface area contributed by atoms with Crippen molar-refractivity contribution in [2.45, 2.75) is 12.8 Å². The van der Waals surface area contributed by atoms with Crippen LogP contribution >= 0.6 is 11.3 Å². The zero-order valence-corrected chi connectivity index (χ0v) is 13.4. The molecule has 0 bridgehead atoms. The van der Waals surface area contributed by atoms with Gasteiger partial charge >= 0.3 is 6.18 Å². The van der Waals surface area contributed by atoms with Crippen LogP contribution in [0.2, 0.25) is 0 Å². The summed E-state index contributed by atoms with van der Waals surface area (Å²) in [7, 11) is 1.18. The van der Waals surface area contributed by atoms with E-state index in [2.05, 4.69) is 15.4 Å². The summed E-state index contributed by atoms with van der Waals surface area (Å²) in [5.41, 5.74) is -1.86. The summed E-state index contributed by atoms with van der Waals surface area (Å²) in [5, 5.41) is 14.8. The van der Waals surface area contributed by atoms with Gasteiger partial charge in [0.15, 0.2) is 11.5 Å². The van der Waals surface area contributed by atoms with Crippen molar-refractivity contribution in [2.75, 3.05) is 5.32 Å². The number of anilines is 1. The van der Waals surface area contributed by atoms with E-state index in [0.717, 1.165) is 16.0 Å². The second-order valence-corrected chi connectivity index (χ2v) is 6.15. The van der Waals surface area contributed by atoms with Crippen molar-refractivity contribution in [3.63, 3.8) is 0 Å². The number of rotatable bonds is 3. The van der Waals surface area contributed by atoms with E-state index in [-0.39, 0.29) is 23.5 Å². The smallest absolute Gasteiger partial charge is 0.389 e. The zero-order chi connectivity index (χ0) is 18.4. The van der Waals surface area contributed by atoms with Gasteiger partial charge in [0.2, 0.25) is 0 Å². The van der Waals surface area contributed by atoms with E-state index in [1.165, 1.54) is 19.2 Å². The molecule has 0 spiro atoms. The Morgan fingerprint density at radius 2 is 2.12 bits per heavy atom. The third kappa shape index (κ3) is 3.20. The van der Waals surface area contributed by atoms with Crippen molar-refractivity contribution in [3.05, 3.63) is 40.4 Å². The summed E-state index contributed by atoms with van der Waals surface area (Å²) < 4.78 is 53.6. The van der Waals surface area contributed by atoms with E-state index in [1.807, 2.05) is 0 Å². The first-order chi connectivity index (χ1) is 11.7.